The molecule has 3 heterocycles. The molecule has 1 aromatic carbocycles. The van der Waals surface area contributed by atoms with Crippen LogP contribution in [0.25, 0.3) is 0 Å². The van der Waals surface area contributed by atoms with Crippen LogP contribution in [-0.4, -0.2) is 60.3 Å². The van der Waals surface area contributed by atoms with E-state index in [9.17, 15) is 0 Å². The summed E-state index contributed by atoms with van der Waals surface area (Å²) in [6.07, 6.45) is 6.58. The smallest absolute Gasteiger partial charge is 0.227 e. The predicted octanol–water partition coefficient (Wildman–Crippen LogP) is 3.71. The fourth-order valence-electron chi connectivity index (χ4n) is 4.43. The SMILES string of the molecule is CCCCc1nc(N2CCN(CC3COc4ccccc4O3)CC2)nc(N)c1CCCC. The standard InChI is InChI=1S/C25H37N5O2/c1-3-5-9-20-21(10-6-4-2)27-25(28-24(20)26)30-15-13-29(14-16-30)17-19-18-31-22-11-7-8-12-23(22)32-19/h7-8,11-12,19H,3-6,9-10,13-18H2,1-2H3,(H2,26,27,28). The van der Waals surface area contributed by atoms with Gasteiger partial charge in [0.25, 0.3) is 0 Å². The largest absolute Gasteiger partial charge is 0.486 e. The monoisotopic (exact) mass is 439 g/mol. The van der Waals surface area contributed by atoms with Gasteiger partial charge < -0.3 is 20.1 Å². The number of nitrogens with zero attached hydrogens (tertiary/aromatic N) is 4. The molecule has 7 heteroatoms. The number of unbranched alkanes of at least 4 members (excludes halogenated alkanes) is 2. The summed E-state index contributed by atoms with van der Waals surface area (Å²) in [5, 5.41) is 0. The summed E-state index contributed by atoms with van der Waals surface area (Å²) in [5.74, 6) is 3.14. The molecule has 2 N–H and O–H groups in total. The molecule has 2 aliphatic rings. The second kappa shape index (κ2) is 10.9. The summed E-state index contributed by atoms with van der Waals surface area (Å²) < 4.78 is 12.0. The third-order valence-corrected chi connectivity index (χ3v) is 6.34. The van der Waals surface area contributed by atoms with E-state index in [1.165, 1.54) is 0 Å². The summed E-state index contributed by atoms with van der Waals surface area (Å²) in [4.78, 5) is 14.4. The van der Waals surface area contributed by atoms with E-state index in [2.05, 4.69) is 23.6 Å². The lowest BCUT2D eigenvalue weighted by Crippen LogP contribution is -2.51. The fraction of sp³-hybridized carbons (Fsp3) is 0.600. The number of hydrogen-bond donors (Lipinski definition) is 1. The summed E-state index contributed by atoms with van der Waals surface area (Å²) in [7, 11) is 0. The minimum atomic E-state index is 0.0573. The maximum atomic E-state index is 6.41. The Bertz CT molecular complexity index is 883. The number of nitrogen functional groups attached to an aromatic ring is 1. The van der Waals surface area contributed by atoms with Gasteiger partial charge in [-0.15, -0.1) is 0 Å². The second-order valence-corrected chi connectivity index (χ2v) is 8.83. The third kappa shape index (κ3) is 5.44. The number of fused-ring (bicyclic) bond motifs is 1. The minimum absolute atomic E-state index is 0.0573. The molecular weight excluding hydrogens is 402 g/mol. The molecular formula is C25H37N5O2. The number of benzene rings is 1. The topological polar surface area (TPSA) is 76.7 Å². The Kier molecular flexibility index (Phi) is 7.68. The van der Waals surface area contributed by atoms with Crippen molar-refractivity contribution in [2.75, 3.05) is 50.0 Å². The highest BCUT2D eigenvalue weighted by Gasteiger charge is 2.26. The molecule has 2 aromatic rings. The number of ether oxygens (including phenoxy) is 2. The third-order valence-electron chi connectivity index (χ3n) is 6.34. The van der Waals surface area contributed by atoms with Crippen molar-refractivity contribution in [3.8, 4) is 11.5 Å². The second-order valence-electron chi connectivity index (χ2n) is 8.83. The Labute approximate surface area is 191 Å². The van der Waals surface area contributed by atoms with E-state index >= 15 is 0 Å². The van der Waals surface area contributed by atoms with Gasteiger partial charge in [0, 0.05) is 38.3 Å². The van der Waals surface area contributed by atoms with Crippen LogP contribution in [0.3, 0.4) is 0 Å². The molecule has 0 amide bonds. The molecule has 0 radical (unpaired) electrons. The number of anilines is 2. The Balaban J connectivity index is 1.36. The van der Waals surface area contributed by atoms with E-state index in [1.54, 1.807) is 0 Å². The van der Waals surface area contributed by atoms with Crippen LogP contribution in [0.2, 0.25) is 0 Å². The lowest BCUT2D eigenvalue weighted by molar-refractivity contribution is 0.0570. The zero-order valence-electron chi connectivity index (χ0n) is 19.6. The van der Waals surface area contributed by atoms with E-state index in [1.807, 2.05) is 24.3 Å². The molecule has 0 saturated carbocycles. The number of hydrogen-bond acceptors (Lipinski definition) is 7. The van der Waals surface area contributed by atoms with E-state index < -0.39 is 0 Å². The van der Waals surface area contributed by atoms with Crippen LogP contribution < -0.4 is 20.1 Å². The molecule has 1 aromatic heterocycles. The number of aryl methyl sites for hydroxylation is 1. The molecule has 0 bridgehead atoms. The first kappa shape index (κ1) is 22.6. The van der Waals surface area contributed by atoms with Crippen molar-refractivity contribution in [1.82, 2.24) is 14.9 Å². The average molecular weight is 440 g/mol. The molecule has 174 valence electrons. The maximum absolute atomic E-state index is 6.41. The van der Waals surface area contributed by atoms with Gasteiger partial charge in [0.15, 0.2) is 11.5 Å². The van der Waals surface area contributed by atoms with Crippen LogP contribution in [0.5, 0.6) is 11.5 Å². The summed E-state index contributed by atoms with van der Waals surface area (Å²) in [6, 6.07) is 7.89. The normalized spacial score (nSPS) is 18.7. The molecule has 1 saturated heterocycles. The van der Waals surface area contributed by atoms with Crippen LogP contribution in [-0.2, 0) is 12.8 Å². The van der Waals surface area contributed by atoms with Crippen molar-refractivity contribution in [3.63, 3.8) is 0 Å². The fourth-order valence-corrected chi connectivity index (χ4v) is 4.43. The zero-order chi connectivity index (χ0) is 22.3. The molecule has 1 unspecified atom stereocenters. The Hall–Kier alpha value is -2.54. The number of nitrogens with two attached hydrogens (primary N) is 1. The van der Waals surface area contributed by atoms with Gasteiger partial charge in [-0.25, -0.2) is 4.98 Å². The Morgan fingerprint density at radius 3 is 2.44 bits per heavy atom. The summed E-state index contributed by atoms with van der Waals surface area (Å²) in [5.41, 5.74) is 8.73. The highest BCUT2D eigenvalue weighted by molar-refractivity contribution is 5.48. The molecule has 2 aliphatic heterocycles. The maximum Gasteiger partial charge on any atom is 0.227 e. The van der Waals surface area contributed by atoms with Gasteiger partial charge in [0.05, 0.1) is 5.69 Å². The highest BCUT2D eigenvalue weighted by Crippen LogP contribution is 2.31. The lowest BCUT2D eigenvalue weighted by atomic mass is 10.0. The van der Waals surface area contributed by atoms with Crippen molar-refractivity contribution < 1.29 is 9.47 Å². The highest BCUT2D eigenvalue weighted by atomic mass is 16.6. The Morgan fingerprint density at radius 2 is 1.69 bits per heavy atom. The summed E-state index contributed by atoms with van der Waals surface area (Å²) in [6.45, 7) is 9.57. The quantitative estimate of drug-likeness (QED) is 0.638. The zero-order valence-corrected chi connectivity index (χ0v) is 19.6. The van der Waals surface area contributed by atoms with Crippen molar-refractivity contribution >= 4 is 11.8 Å². The first-order valence-electron chi connectivity index (χ1n) is 12.2. The predicted molar refractivity (Wildman–Crippen MR) is 129 cm³/mol. The number of para-hydroxylation sites is 2. The average Bonchev–Trinajstić information content (AvgIpc) is 2.82. The Morgan fingerprint density at radius 1 is 0.969 bits per heavy atom. The van der Waals surface area contributed by atoms with Crippen LogP contribution in [0.1, 0.15) is 50.8 Å². The van der Waals surface area contributed by atoms with Gasteiger partial charge in [0.2, 0.25) is 5.95 Å². The van der Waals surface area contributed by atoms with Crippen molar-refractivity contribution in [3.05, 3.63) is 35.5 Å². The first-order valence-corrected chi connectivity index (χ1v) is 12.2. The van der Waals surface area contributed by atoms with Gasteiger partial charge in [-0.3, -0.25) is 4.90 Å². The van der Waals surface area contributed by atoms with E-state index in [4.69, 9.17) is 25.2 Å². The van der Waals surface area contributed by atoms with E-state index in [-0.39, 0.29) is 6.10 Å². The van der Waals surface area contributed by atoms with Gasteiger partial charge in [0.1, 0.15) is 18.5 Å². The number of rotatable bonds is 9. The molecule has 32 heavy (non-hydrogen) atoms. The van der Waals surface area contributed by atoms with Gasteiger partial charge >= 0.3 is 0 Å². The lowest BCUT2D eigenvalue weighted by Gasteiger charge is -2.37. The van der Waals surface area contributed by atoms with Crippen LogP contribution in [0, 0.1) is 0 Å². The van der Waals surface area contributed by atoms with E-state index in [0.29, 0.717) is 12.4 Å². The first-order chi connectivity index (χ1) is 15.7. The van der Waals surface area contributed by atoms with Crippen molar-refractivity contribution in [2.24, 2.45) is 0 Å². The van der Waals surface area contributed by atoms with Gasteiger partial charge in [-0.2, -0.15) is 4.98 Å². The molecule has 0 aliphatic carbocycles. The van der Waals surface area contributed by atoms with Gasteiger partial charge in [-0.05, 0) is 37.8 Å². The molecule has 4 rings (SSSR count). The molecule has 7 nitrogen and oxygen atoms in total. The summed E-state index contributed by atoms with van der Waals surface area (Å²) >= 11 is 0. The molecule has 1 fully saturated rings. The van der Waals surface area contributed by atoms with Crippen LogP contribution in [0.4, 0.5) is 11.8 Å². The molecule has 1 atom stereocenters. The van der Waals surface area contributed by atoms with Crippen molar-refractivity contribution in [2.45, 2.75) is 58.5 Å². The minimum Gasteiger partial charge on any atom is -0.486 e. The van der Waals surface area contributed by atoms with Gasteiger partial charge in [-0.1, -0.05) is 38.8 Å². The van der Waals surface area contributed by atoms with Crippen molar-refractivity contribution in [1.29, 1.82) is 0 Å². The van der Waals surface area contributed by atoms with E-state index in [0.717, 1.165) is 100.0 Å². The molecule has 0 spiro atoms. The van der Waals surface area contributed by atoms with Crippen LogP contribution in [0.15, 0.2) is 24.3 Å². The van der Waals surface area contributed by atoms with Crippen LogP contribution >= 0.6 is 0 Å². The number of piperazine rings is 1. The number of aromatic nitrogens is 2.